The molecule has 0 fully saturated rings. The fourth-order valence-corrected chi connectivity index (χ4v) is 4.06. The number of hydrogen-bond acceptors (Lipinski definition) is 3. The van der Waals surface area contributed by atoms with Crippen molar-refractivity contribution in [2.75, 3.05) is 0 Å². The van der Waals surface area contributed by atoms with Crippen LogP contribution in [0.3, 0.4) is 0 Å². The molecule has 0 aliphatic heterocycles. The summed E-state index contributed by atoms with van der Waals surface area (Å²) in [5.41, 5.74) is 7.37. The van der Waals surface area contributed by atoms with E-state index in [1.54, 1.807) is 12.1 Å². The molecule has 2 aromatic heterocycles. The van der Waals surface area contributed by atoms with Gasteiger partial charge in [-0.2, -0.15) is 5.10 Å². The maximum atomic E-state index is 11.9. The first kappa shape index (κ1) is 19.3. The topological polar surface area (TPSA) is 68.0 Å². The van der Waals surface area contributed by atoms with Gasteiger partial charge in [0.15, 0.2) is 0 Å². The van der Waals surface area contributed by atoms with Crippen molar-refractivity contribution < 1.29 is 9.90 Å². The zero-order valence-corrected chi connectivity index (χ0v) is 18.2. The van der Waals surface area contributed by atoms with Crippen molar-refractivity contribution in [3.63, 3.8) is 0 Å². The van der Waals surface area contributed by atoms with Gasteiger partial charge in [0.05, 0.1) is 33.8 Å². The molecule has 6 heteroatoms. The first-order valence-electron chi connectivity index (χ1n) is 9.24. The van der Waals surface area contributed by atoms with Crippen LogP contribution in [-0.2, 0) is 0 Å². The summed E-state index contributed by atoms with van der Waals surface area (Å²) < 4.78 is 2.73. The van der Waals surface area contributed by atoms with Crippen LogP contribution in [0, 0.1) is 27.7 Å². The maximum Gasteiger partial charge on any atom is 0.336 e. The van der Waals surface area contributed by atoms with Gasteiger partial charge in [0.25, 0.3) is 0 Å². The van der Waals surface area contributed by atoms with E-state index < -0.39 is 5.97 Å². The Morgan fingerprint density at radius 3 is 2.52 bits per heavy atom. The van der Waals surface area contributed by atoms with Crippen molar-refractivity contribution in [2.24, 2.45) is 0 Å². The molecule has 0 saturated carbocycles. The Morgan fingerprint density at radius 1 is 1.03 bits per heavy atom. The molecule has 2 heterocycles. The molecule has 2 aromatic carbocycles. The Labute approximate surface area is 177 Å². The predicted molar refractivity (Wildman–Crippen MR) is 118 cm³/mol. The van der Waals surface area contributed by atoms with E-state index in [4.69, 9.17) is 10.1 Å². The number of rotatable bonds is 3. The number of aromatic nitrogens is 3. The quantitative estimate of drug-likeness (QED) is 0.430. The second-order valence-corrected chi connectivity index (χ2v) is 8.18. The van der Waals surface area contributed by atoms with Crippen molar-refractivity contribution in [2.45, 2.75) is 27.7 Å². The fourth-order valence-electron chi connectivity index (χ4n) is 3.70. The summed E-state index contributed by atoms with van der Waals surface area (Å²) in [5.74, 6) is -0.978. The number of hydrogen-bond donors (Lipinski definition) is 1. The van der Waals surface area contributed by atoms with E-state index in [-0.39, 0.29) is 5.56 Å². The Kier molecular flexibility index (Phi) is 4.74. The van der Waals surface area contributed by atoms with Gasteiger partial charge in [-0.15, -0.1) is 0 Å². The van der Waals surface area contributed by atoms with Crippen LogP contribution in [0.4, 0.5) is 0 Å². The number of carboxylic acid groups (broad SMARTS) is 1. The van der Waals surface area contributed by atoms with Crippen LogP contribution in [0.2, 0.25) is 0 Å². The molecule has 4 aromatic rings. The average Bonchev–Trinajstić information content (AvgIpc) is 2.96. The van der Waals surface area contributed by atoms with Crippen LogP contribution < -0.4 is 0 Å². The molecule has 0 aliphatic carbocycles. The number of pyridine rings is 1. The molecule has 146 valence electrons. The van der Waals surface area contributed by atoms with E-state index in [0.29, 0.717) is 16.6 Å². The number of fused-ring (bicyclic) bond motifs is 1. The van der Waals surface area contributed by atoms with Gasteiger partial charge in [-0.3, -0.25) is 0 Å². The summed E-state index contributed by atoms with van der Waals surface area (Å²) in [6.07, 6.45) is 0. The minimum Gasteiger partial charge on any atom is -0.478 e. The van der Waals surface area contributed by atoms with E-state index in [9.17, 15) is 9.90 Å². The summed E-state index contributed by atoms with van der Waals surface area (Å²) in [6.45, 7) is 8.03. The lowest BCUT2D eigenvalue weighted by molar-refractivity contribution is 0.0699. The number of carboxylic acids is 1. The summed E-state index contributed by atoms with van der Waals surface area (Å²) in [7, 11) is 0. The maximum absolute atomic E-state index is 11.9. The van der Waals surface area contributed by atoms with Crippen molar-refractivity contribution in [3.8, 4) is 16.9 Å². The smallest absolute Gasteiger partial charge is 0.336 e. The fraction of sp³-hybridized carbons (Fsp3) is 0.174. The van der Waals surface area contributed by atoms with Crippen molar-refractivity contribution in [3.05, 3.63) is 75.0 Å². The number of benzene rings is 2. The number of halogens is 1. The minimum atomic E-state index is -0.978. The van der Waals surface area contributed by atoms with Gasteiger partial charge in [0.1, 0.15) is 0 Å². The van der Waals surface area contributed by atoms with Crippen LogP contribution in [-0.4, -0.2) is 25.8 Å². The van der Waals surface area contributed by atoms with Crippen LogP contribution in [0.1, 0.15) is 32.9 Å². The number of aryl methyl sites for hydroxylation is 3. The van der Waals surface area contributed by atoms with Crippen molar-refractivity contribution in [1.29, 1.82) is 0 Å². The van der Waals surface area contributed by atoms with Gasteiger partial charge < -0.3 is 5.11 Å². The van der Waals surface area contributed by atoms with Gasteiger partial charge in [-0.1, -0.05) is 28.1 Å². The standard InChI is InChI=1S/C23H20BrN3O2/c1-12-5-6-13(2)21(9-12)27-15(4)22(14(3)26-27)20-11-18(23(28)29)17-10-16(24)7-8-19(17)25-20/h5-11H,1-4H3,(H,28,29). The van der Waals surface area contributed by atoms with Crippen molar-refractivity contribution in [1.82, 2.24) is 14.8 Å². The molecule has 0 amide bonds. The van der Waals surface area contributed by atoms with Crippen LogP contribution >= 0.6 is 15.9 Å². The van der Waals surface area contributed by atoms with Gasteiger partial charge in [0, 0.05) is 15.4 Å². The number of carbonyl (C=O) groups is 1. The highest BCUT2D eigenvalue weighted by Crippen LogP contribution is 2.32. The van der Waals surface area contributed by atoms with E-state index in [1.165, 1.54) is 0 Å². The average molecular weight is 450 g/mol. The highest BCUT2D eigenvalue weighted by atomic mass is 79.9. The second kappa shape index (κ2) is 7.12. The van der Waals surface area contributed by atoms with E-state index in [1.807, 2.05) is 30.7 Å². The van der Waals surface area contributed by atoms with Gasteiger partial charge in [-0.25, -0.2) is 14.5 Å². The summed E-state index contributed by atoms with van der Waals surface area (Å²) >= 11 is 3.41. The zero-order chi connectivity index (χ0) is 20.9. The van der Waals surface area contributed by atoms with Gasteiger partial charge in [-0.05, 0) is 69.2 Å². The SMILES string of the molecule is Cc1ccc(C)c(-n2nc(C)c(-c3cc(C(=O)O)c4cc(Br)ccc4n3)c2C)c1. The molecule has 0 saturated heterocycles. The molecule has 0 bridgehead atoms. The highest BCUT2D eigenvalue weighted by Gasteiger charge is 2.20. The van der Waals surface area contributed by atoms with Crippen LogP contribution in [0.5, 0.6) is 0 Å². The van der Waals surface area contributed by atoms with Crippen molar-refractivity contribution >= 4 is 32.8 Å². The monoisotopic (exact) mass is 449 g/mol. The molecule has 4 rings (SSSR count). The first-order valence-corrected chi connectivity index (χ1v) is 10.0. The third kappa shape index (κ3) is 3.34. The normalized spacial score (nSPS) is 11.2. The van der Waals surface area contributed by atoms with Gasteiger partial charge >= 0.3 is 5.97 Å². The Balaban J connectivity index is 1.98. The third-order valence-corrected chi connectivity index (χ3v) is 5.63. The molecule has 0 unspecified atom stereocenters. The lowest BCUT2D eigenvalue weighted by Gasteiger charge is -2.11. The van der Waals surface area contributed by atoms with E-state index >= 15 is 0 Å². The summed E-state index contributed by atoms with van der Waals surface area (Å²) in [4.78, 5) is 16.7. The van der Waals surface area contributed by atoms with Crippen LogP contribution in [0.15, 0.2) is 46.9 Å². The molecule has 0 aliphatic rings. The molecular weight excluding hydrogens is 430 g/mol. The Hall–Kier alpha value is -2.99. The summed E-state index contributed by atoms with van der Waals surface area (Å²) in [6, 6.07) is 13.4. The lowest BCUT2D eigenvalue weighted by Crippen LogP contribution is -2.03. The van der Waals surface area contributed by atoms with Crippen LogP contribution in [0.25, 0.3) is 27.8 Å². The third-order valence-electron chi connectivity index (χ3n) is 5.14. The Morgan fingerprint density at radius 2 is 1.79 bits per heavy atom. The largest absolute Gasteiger partial charge is 0.478 e. The molecular formula is C23H20BrN3O2. The van der Waals surface area contributed by atoms with E-state index in [2.05, 4.69) is 48.0 Å². The Bertz CT molecular complexity index is 1290. The summed E-state index contributed by atoms with van der Waals surface area (Å²) in [5, 5.41) is 15.1. The number of nitrogens with zero attached hydrogens (tertiary/aromatic N) is 3. The molecule has 0 atom stereocenters. The van der Waals surface area contributed by atoms with E-state index in [0.717, 1.165) is 38.2 Å². The minimum absolute atomic E-state index is 0.226. The lowest BCUT2D eigenvalue weighted by atomic mass is 10.0. The molecule has 0 spiro atoms. The predicted octanol–water partition coefficient (Wildman–Crippen LogP) is 5.78. The highest BCUT2D eigenvalue weighted by molar-refractivity contribution is 9.10. The molecule has 0 radical (unpaired) electrons. The van der Waals surface area contributed by atoms with Gasteiger partial charge in [0.2, 0.25) is 0 Å². The number of aromatic carboxylic acids is 1. The second-order valence-electron chi connectivity index (χ2n) is 7.27. The molecule has 5 nitrogen and oxygen atoms in total. The zero-order valence-electron chi connectivity index (χ0n) is 16.6. The first-order chi connectivity index (χ1) is 13.8. The molecule has 29 heavy (non-hydrogen) atoms. The molecule has 1 N–H and O–H groups in total.